The maximum atomic E-state index is 11.7. The summed E-state index contributed by atoms with van der Waals surface area (Å²) in [6.07, 6.45) is 1.71. The molecule has 2 rings (SSSR count). The van der Waals surface area contributed by atoms with Crippen molar-refractivity contribution in [2.24, 2.45) is 0 Å². The molecule has 0 saturated heterocycles. The zero-order valence-electron chi connectivity index (χ0n) is 10.6. The molecule has 0 aromatic heterocycles. The van der Waals surface area contributed by atoms with Crippen LogP contribution in [0.2, 0.25) is 0 Å². The van der Waals surface area contributed by atoms with E-state index in [2.05, 4.69) is 36.6 Å². The van der Waals surface area contributed by atoms with Crippen LogP contribution in [0.25, 0.3) is 0 Å². The Kier molecular flexibility index (Phi) is 3.79. The molecule has 0 saturated carbocycles. The molecular formula is C14H21N2O+. The number of carbonyl (C=O) groups excluding carboxylic acids is 1. The highest BCUT2D eigenvalue weighted by atomic mass is 16.1. The van der Waals surface area contributed by atoms with Crippen molar-refractivity contribution >= 4 is 5.91 Å². The summed E-state index contributed by atoms with van der Waals surface area (Å²) in [6, 6.07) is 8.82. The number of rotatable bonds is 3. The van der Waals surface area contributed by atoms with Crippen molar-refractivity contribution in [1.29, 1.82) is 0 Å². The Balaban J connectivity index is 2.18. The molecule has 1 aliphatic rings. The molecule has 17 heavy (non-hydrogen) atoms. The van der Waals surface area contributed by atoms with Gasteiger partial charge in [0.05, 0.1) is 20.0 Å². The summed E-state index contributed by atoms with van der Waals surface area (Å²) in [6.45, 7) is 3.79. The molecule has 1 heterocycles. The van der Waals surface area contributed by atoms with Gasteiger partial charge in [-0.2, -0.15) is 0 Å². The Hall–Kier alpha value is -1.35. The smallest absolute Gasteiger partial charge is 0.226 e. The van der Waals surface area contributed by atoms with Crippen LogP contribution < -0.4 is 10.2 Å². The lowest BCUT2D eigenvalue weighted by molar-refractivity contribution is -0.914. The average Bonchev–Trinajstić information content (AvgIpc) is 2.33. The molecule has 0 spiro atoms. The third-order valence-electron chi connectivity index (χ3n) is 3.58. The minimum atomic E-state index is 0.161. The maximum Gasteiger partial charge on any atom is 0.226 e. The monoisotopic (exact) mass is 233 g/mol. The molecule has 3 heteroatoms. The summed E-state index contributed by atoms with van der Waals surface area (Å²) in [5.74, 6) is 0.161. The second-order valence-corrected chi connectivity index (χ2v) is 4.76. The van der Waals surface area contributed by atoms with E-state index >= 15 is 0 Å². The number of quaternary nitrogens is 1. The molecule has 2 N–H and O–H groups in total. The number of hydrogen-bond acceptors (Lipinski definition) is 1. The van der Waals surface area contributed by atoms with E-state index in [1.165, 1.54) is 16.0 Å². The highest BCUT2D eigenvalue weighted by molar-refractivity contribution is 5.76. The van der Waals surface area contributed by atoms with Crippen molar-refractivity contribution < 1.29 is 9.69 Å². The van der Waals surface area contributed by atoms with E-state index in [9.17, 15) is 4.79 Å². The summed E-state index contributed by atoms with van der Waals surface area (Å²) < 4.78 is 0. The molecule has 2 atom stereocenters. The standard InChI is InChI=1S/C14H20N2O/c1-3-15-14(17)10-13-12-7-5-4-6-11(12)8-9-16(13)2/h4-7,13H,3,8-10H2,1-2H3,(H,15,17)/p+1/t13-/m0/s1. The Bertz CT molecular complexity index is 403. The summed E-state index contributed by atoms with van der Waals surface area (Å²) in [5, 5.41) is 2.89. The molecule has 92 valence electrons. The third kappa shape index (κ3) is 2.67. The quantitative estimate of drug-likeness (QED) is 0.775. The van der Waals surface area contributed by atoms with E-state index in [-0.39, 0.29) is 5.91 Å². The van der Waals surface area contributed by atoms with E-state index < -0.39 is 0 Å². The Morgan fingerprint density at radius 1 is 1.47 bits per heavy atom. The van der Waals surface area contributed by atoms with Crippen molar-refractivity contribution in [2.45, 2.75) is 25.8 Å². The van der Waals surface area contributed by atoms with Gasteiger partial charge >= 0.3 is 0 Å². The van der Waals surface area contributed by atoms with Crippen molar-refractivity contribution in [3.05, 3.63) is 35.4 Å². The second-order valence-electron chi connectivity index (χ2n) is 4.76. The Labute approximate surface area is 103 Å². The molecule has 0 radical (unpaired) electrons. The largest absolute Gasteiger partial charge is 0.356 e. The van der Waals surface area contributed by atoms with Crippen LogP contribution in [-0.4, -0.2) is 26.0 Å². The lowest BCUT2D eigenvalue weighted by atomic mass is 9.91. The zero-order chi connectivity index (χ0) is 12.3. The van der Waals surface area contributed by atoms with Gasteiger partial charge in [-0.05, 0) is 12.5 Å². The fourth-order valence-corrected chi connectivity index (χ4v) is 2.61. The molecule has 1 unspecified atom stereocenters. The van der Waals surface area contributed by atoms with Gasteiger partial charge in [0.15, 0.2) is 0 Å². The van der Waals surface area contributed by atoms with Gasteiger partial charge in [-0.3, -0.25) is 4.79 Å². The van der Waals surface area contributed by atoms with Crippen molar-refractivity contribution in [3.63, 3.8) is 0 Å². The number of amides is 1. The van der Waals surface area contributed by atoms with Crippen LogP contribution in [0.3, 0.4) is 0 Å². The highest BCUT2D eigenvalue weighted by Gasteiger charge is 2.29. The van der Waals surface area contributed by atoms with Crippen LogP contribution in [0.4, 0.5) is 0 Å². The van der Waals surface area contributed by atoms with Gasteiger partial charge < -0.3 is 10.2 Å². The van der Waals surface area contributed by atoms with E-state index in [1.54, 1.807) is 0 Å². The van der Waals surface area contributed by atoms with E-state index in [4.69, 9.17) is 0 Å². The first-order chi connectivity index (χ1) is 8.22. The molecule has 0 bridgehead atoms. The van der Waals surface area contributed by atoms with Crippen LogP contribution >= 0.6 is 0 Å². The molecule has 0 aliphatic carbocycles. The molecule has 1 aromatic rings. The summed E-state index contributed by atoms with van der Waals surface area (Å²) in [7, 11) is 2.18. The van der Waals surface area contributed by atoms with Crippen molar-refractivity contribution in [3.8, 4) is 0 Å². The van der Waals surface area contributed by atoms with Gasteiger partial charge in [-0.1, -0.05) is 24.3 Å². The van der Waals surface area contributed by atoms with Crippen LogP contribution in [0, 0.1) is 0 Å². The molecule has 0 fully saturated rings. The third-order valence-corrected chi connectivity index (χ3v) is 3.58. The Morgan fingerprint density at radius 3 is 3.00 bits per heavy atom. The lowest BCUT2D eigenvalue weighted by Crippen LogP contribution is -3.10. The molecule has 1 aromatic carbocycles. The first kappa shape index (κ1) is 12.1. The van der Waals surface area contributed by atoms with Crippen LogP contribution in [0.1, 0.15) is 30.5 Å². The van der Waals surface area contributed by atoms with E-state index in [0.717, 1.165) is 13.0 Å². The Morgan fingerprint density at radius 2 is 2.24 bits per heavy atom. The molecule has 3 nitrogen and oxygen atoms in total. The number of carbonyl (C=O) groups is 1. The summed E-state index contributed by atoms with van der Waals surface area (Å²) >= 11 is 0. The van der Waals surface area contributed by atoms with E-state index in [1.807, 2.05) is 6.92 Å². The fourth-order valence-electron chi connectivity index (χ4n) is 2.61. The second kappa shape index (κ2) is 5.32. The minimum Gasteiger partial charge on any atom is -0.356 e. The van der Waals surface area contributed by atoms with Crippen molar-refractivity contribution in [1.82, 2.24) is 5.32 Å². The number of benzene rings is 1. The predicted molar refractivity (Wildman–Crippen MR) is 67.9 cm³/mol. The van der Waals surface area contributed by atoms with Crippen LogP contribution in [0.15, 0.2) is 24.3 Å². The van der Waals surface area contributed by atoms with Gasteiger partial charge in [-0.25, -0.2) is 0 Å². The van der Waals surface area contributed by atoms with Gasteiger partial charge in [-0.15, -0.1) is 0 Å². The molecule has 1 amide bonds. The van der Waals surface area contributed by atoms with Crippen molar-refractivity contribution in [2.75, 3.05) is 20.1 Å². The first-order valence-corrected chi connectivity index (χ1v) is 6.39. The SMILES string of the molecule is CCNC(=O)C[C@H]1c2ccccc2CC[NH+]1C. The number of likely N-dealkylation sites (N-methyl/N-ethyl adjacent to an activating group) is 1. The van der Waals surface area contributed by atoms with E-state index in [0.29, 0.717) is 19.0 Å². The topological polar surface area (TPSA) is 33.5 Å². The number of nitrogens with one attached hydrogen (secondary N) is 2. The van der Waals surface area contributed by atoms with Gasteiger partial charge in [0.25, 0.3) is 0 Å². The first-order valence-electron chi connectivity index (χ1n) is 6.39. The highest BCUT2D eigenvalue weighted by Crippen LogP contribution is 2.21. The zero-order valence-corrected chi connectivity index (χ0v) is 10.6. The minimum absolute atomic E-state index is 0.161. The number of fused-ring (bicyclic) bond motifs is 1. The lowest BCUT2D eigenvalue weighted by Gasteiger charge is -2.31. The molecule has 1 aliphatic heterocycles. The van der Waals surface area contributed by atoms with Gasteiger partial charge in [0.2, 0.25) is 5.91 Å². The summed E-state index contributed by atoms with van der Waals surface area (Å²) in [4.78, 5) is 13.2. The normalized spacial score (nSPS) is 22.9. The van der Waals surface area contributed by atoms with Gasteiger partial charge in [0, 0.05) is 18.5 Å². The average molecular weight is 233 g/mol. The predicted octanol–water partition coefficient (Wildman–Crippen LogP) is 0.325. The van der Waals surface area contributed by atoms with Crippen LogP contribution in [0.5, 0.6) is 0 Å². The molecular weight excluding hydrogens is 212 g/mol. The fraction of sp³-hybridized carbons (Fsp3) is 0.500. The number of hydrogen-bond donors (Lipinski definition) is 2. The summed E-state index contributed by atoms with van der Waals surface area (Å²) in [5.41, 5.74) is 2.76. The maximum absolute atomic E-state index is 11.7. The van der Waals surface area contributed by atoms with Gasteiger partial charge in [0.1, 0.15) is 6.04 Å². The van der Waals surface area contributed by atoms with Crippen LogP contribution in [-0.2, 0) is 11.2 Å².